The minimum atomic E-state index is -1.12. The molecule has 3 aromatic heterocycles. The number of nitrogens with zero attached hydrogens (tertiary/aromatic N) is 6. The van der Waals surface area contributed by atoms with E-state index >= 15 is 0 Å². The quantitative estimate of drug-likeness (QED) is 0.467. The van der Waals surface area contributed by atoms with Crippen LogP contribution in [0.1, 0.15) is 69.9 Å². The number of hydrogen-bond donors (Lipinski definition) is 3. The fourth-order valence-electron chi connectivity index (χ4n) is 2.95. The molecular formula is C21H22N8O4. The summed E-state index contributed by atoms with van der Waals surface area (Å²) in [6.07, 6.45) is 12.2. The second-order valence-corrected chi connectivity index (χ2v) is 7.62. The summed E-state index contributed by atoms with van der Waals surface area (Å²) in [5, 5.41) is 11.7. The highest BCUT2D eigenvalue weighted by Gasteiger charge is 2.28. The fraction of sp³-hybridized carbons (Fsp3) is 0.333. The second kappa shape index (κ2) is 9.51. The van der Waals surface area contributed by atoms with Crippen molar-refractivity contribution in [3.63, 3.8) is 0 Å². The van der Waals surface area contributed by atoms with Gasteiger partial charge in [0.05, 0.1) is 49.0 Å². The summed E-state index contributed by atoms with van der Waals surface area (Å²) in [5.41, 5.74) is 7.61. The molecule has 12 nitrogen and oxygen atoms in total. The highest BCUT2D eigenvalue weighted by molar-refractivity contribution is 5.93. The van der Waals surface area contributed by atoms with E-state index < -0.39 is 11.9 Å². The van der Waals surface area contributed by atoms with Crippen LogP contribution in [0.2, 0.25) is 0 Å². The van der Waals surface area contributed by atoms with Crippen molar-refractivity contribution in [3.05, 3.63) is 53.9 Å². The van der Waals surface area contributed by atoms with Gasteiger partial charge in [0.2, 0.25) is 0 Å². The SMILES string of the molecule is COC(=O)c1nc(C2CC2)cnc1Nc1cncnc1.Nc1ncc(C2CC2)nc1C(=O)O. The molecule has 12 heteroatoms. The van der Waals surface area contributed by atoms with Crippen LogP contribution < -0.4 is 11.1 Å². The van der Waals surface area contributed by atoms with E-state index in [0.717, 1.165) is 37.1 Å². The van der Waals surface area contributed by atoms with Crippen LogP contribution in [-0.4, -0.2) is 54.1 Å². The molecule has 0 saturated heterocycles. The van der Waals surface area contributed by atoms with Crippen LogP contribution in [-0.2, 0) is 4.74 Å². The fourth-order valence-corrected chi connectivity index (χ4v) is 2.95. The van der Waals surface area contributed by atoms with Crippen molar-refractivity contribution in [2.75, 3.05) is 18.2 Å². The van der Waals surface area contributed by atoms with Gasteiger partial charge in [0, 0.05) is 11.8 Å². The number of carbonyl (C=O) groups excluding carboxylic acids is 1. The zero-order valence-electron chi connectivity index (χ0n) is 17.8. The maximum atomic E-state index is 11.8. The maximum absolute atomic E-state index is 11.8. The Morgan fingerprint density at radius 1 is 0.970 bits per heavy atom. The number of aromatic nitrogens is 6. The number of nitrogen functional groups attached to an aromatic ring is 1. The summed E-state index contributed by atoms with van der Waals surface area (Å²) in [7, 11) is 1.32. The summed E-state index contributed by atoms with van der Waals surface area (Å²) in [5.74, 6) is -0.494. The molecule has 2 saturated carbocycles. The van der Waals surface area contributed by atoms with E-state index in [2.05, 4.69) is 35.2 Å². The first-order valence-corrected chi connectivity index (χ1v) is 10.3. The van der Waals surface area contributed by atoms with Crippen LogP contribution in [0.5, 0.6) is 0 Å². The number of carboxylic acid groups (broad SMARTS) is 1. The van der Waals surface area contributed by atoms with Crippen molar-refractivity contribution in [2.45, 2.75) is 37.5 Å². The second-order valence-electron chi connectivity index (χ2n) is 7.62. The van der Waals surface area contributed by atoms with Crippen LogP contribution in [0.4, 0.5) is 17.3 Å². The molecule has 0 radical (unpaired) electrons. The van der Waals surface area contributed by atoms with Crippen LogP contribution in [0.25, 0.3) is 0 Å². The van der Waals surface area contributed by atoms with E-state index in [4.69, 9.17) is 15.6 Å². The Bertz CT molecular complexity index is 1170. The number of carboxylic acids is 1. The standard InChI is InChI=1S/C13H13N5O2.C8H9N3O2/c1-20-13(19)11-12(17-9-4-14-7-15-5-9)16-6-10(18-11)8-2-3-8;9-7-6(8(12)13)11-5(3-10-7)4-1-2-4/h4-8H,2-3H2,1H3,(H,16,17);3-4H,1-2H2,(H2,9,10)(H,12,13). The highest BCUT2D eigenvalue weighted by Crippen LogP contribution is 2.39. The maximum Gasteiger partial charge on any atom is 0.360 e. The number of ether oxygens (including phenoxy) is 1. The number of nitrogens with one attached hydrogen (secondary N) is 1. The number of methoxy groups -OCH3 is 1. The lowest BCUT2D eigenvalue weighted by Crippen LogP contribution is -2.11. The number of anilines is 3. The average molecular weight is 450 g/mol. The van der Waals surface area contributed by atoms with Crippen LogP contribution >= 0.6 is 0 Å². The number of esters is 1. The van der Waals surface area contributed by atoms with Gasteiger partial charge in [-0.3, -0.25) is 0 Å². The lowest BCUT2D eigenvalue weighted by atomic mass is 10.3. The Morgan fingerprint density at radius 2 is 1.55 bits per heavy atom. The topological polar surface area (TPSA) is 179 Å². The van der Waals surface area contributed by atoms with Crippen molar-refractivity contribution < 1.29 is 19.4 Å². The molecule has 2 fully saturated rings. The molecule has 2 aliphatic carbocycles. The number of hydrogen-bond acceptors (Lipinski definition) is 11. The molecule has 33 heavy (non-hydrogen) atoms. The minimum absolute atomic E-state index is 0.0168. The smallest absolute Gasteiger partial charge is 0.360 e. The third-order valence-corrected chi connectivity index (χ3v) is 5.01. The molecule has 170 valence electrons. The van der Waals surface area contributed by atoms with E-state index in [9.17, 15) is 9.59 Å². The van der Waals surface area contributed by atoms with Gasteiger partial charge in [-0.1, -0.05) is 0 Å². The molecule has 4 N–H and O–H groups in total. The van der Waals surface area contributed by atoms with E-state index in [-0.39, 0.29) is 17.2 Å². The zero-order chi connectivity index (χ0) is 23.4. The Balaban J connectivity index is 0.000000172. The monoisotopic (exact) mass is 450 g/mol. The van der Waals surface area contributed by atoms with Gasteiger partial charge in [0.25, 0.3) is 0 Å². The molecule has 5 rings (SSSR count). The summed E-state index contributed by atoms with van der Waals surface area (Å²) in [4.78, 5) is 46.6. The Hall–Kier alpha value is -4.22. The van der Waals surface area contributed by atoms with E-state index in [1.807, 2.05) is 0 Å². The Labute approximate surface area is 188 Å². The van der Waals surface area contributed by atoms with Gasteiger partial charge in [-0.25, -0.2) is 39.5 Å². The van der Waals surface area contributed by atoms with E-state index in [0.29, 0.717) is 23.3 Å². The van der Waals surface area contributed by atoms with Crippen molar-refractivity contribution in [3.8, 4) is 0 Å². The van der Waals surface area contributed by atoms with Crippen molar-refractivity contribution in [1.82, 2.24) is 29.9 Å². The van der Waals surface area contributed by atoms with Gasteiger partial charge in [-0.05, 0) is 25.7 Å². The molecule has 0 aliphatic heterocycles. The third kappa shape index (κ3) is 5.53. The highest BCUT2D eigenvalue weighted by atomic mass is 16.5. The first-order chi connectivity index (χ1) is 16.0. The molecule has 0 unspecified atom stereocenters. The number of carbonyl (C=O) groups is 2. The molecule has 0 spiro atoms. The number of aromatic carboxylic acids is 1. The predicted molar refractivity (Wildman–Crippen MR) is 116 cm³/mol. The Morgan fingerprint density at radius 3 is 2.09 bits per heavy atom. The summed E-state index contributed by atoms with van der Waals surface area (Å²) in [6.45, 7) is 0. The predicted octanol–water partition coefficient (Wildman–Crippen LogP) is 2.31. The molecule has 2 aliphatic rings. The lowest BCUT2D eigenvalue weighted by Gasteiger charge is -2.09. The average Bonchev–Trinajstić information content (AvgIpc) is 3.73. The Kier molecular flexibility index (Phi) is 6.33. The molecular weight excluding hydrogens is 428 g/mol. The van der Waals surface area contributed by atoms with Gasteiger partial charge in [-0.15, -0.1) is 0 Å². The lowest BCUT2D eigenvalue weighted by molar-refractivity contribution is 0.0593. The first kappa shape index (κ1) is 22.0. The normalized spacial score (nSPS) is 14.6. The van der Waals surface area contributed by atoms with Gasteiger partial charge in [-0.2, -0.15) is 0 Å². The first-order valence-electron chi connectivity index (χ1n) is 10.3. The van der Waals surface area contributed by atoms with Gasteiger partial charge in [0.15, 0.2) is 23.0 Å². The van der Waals surface area contributed by atoms with Gasteiger partial charge in [0.1, 0.15) is 6.33 Å². The van der Waals surface area contributed by atoms with Crippen molar-refractivity contribution in [1.29, 1.82) is 0 Å². The molecule has 3 aromatic rings. The van der Waals surface area contributed by atoms with Crippen LogP contribution in [0.15, 0.2) is 31.1 Å². The van der Waals surface area contributed by atoms with E-state index in [1.54, 1.807) is 24.8 Å². The third-order valence-electron chi connectivity index (χ3n) is 5.01. The summed E-state index contributed by atoms with van der Waals surface area (Å²) < 4.78 is 4.76. The number of nitrogens with two attached hydrogens (primary N) is 1. The molecule has 0 bridgehead atoms. The molecule has 3 heterocycles. The minimum Gasteiger partial charge on any atom is -0.476 e. The molecule has 0 amide bonds. The molecule has 0 atom stereocenters. The largest absolute Gasteiger partial charge is 0.476 e. The van der Waals surface area contributed by atoms with Crippen LogP contribution in [0, 0.1) is 0 Å². The molecule has 0 aromatic carbocycles. The number of rotatable bonds is 6. The van der Waals surface area contributed by atoms with Gasteiger partial charge >= 0.3 is 11.9 Å². The van der Waals surface area contributed by atoms with Gasteiger partial charge < -0.3 is 20.9 Å². The summed E-state index contributed by atoms with van der Waals surface area (Å²) >= 11 is 0. The van der Waals surface area contributed by atoms with E-state index in [1.165, 1.54) is 13.4 Å². The van der Waals surface area contributed by atoms with Crippen LogP contribution in [0.3, 0.4) is 0 Å². The summed E-state index contributed by atoms with van der Waals surface area (Å²) in [6, 6.07) is 0. The van der Waals surface area contributed by atoms with Crippen molar-refractivity contribution in [2.24, 2.45) is 0 Å². The zero-order valence-corrected chi connectivity index (χ0v) is 17.8. The van der Waals surface area contributed by atoms with Crippen molar-refractivity contribution >= 4 is 29.3 Å².